The van der Waals surface area contributed by atoms with E-state index in [4.69, 9.17) is 5.11 Å². The Bertz CT molecular complexity index is 359. The number of amides is 2. The molecule has 1 aliphatic carbocycles. The number of nitrogens with zero attached hydrogens (tertiary/aromatic N) is 1. The summed E-state index contributed by atoms with van der Waals surface area (Å²) in [6.45, 7) is 8.19. The standard InChI is InChI=1S/C15H28N2O3/c1-10(11-6-7-11)17(5)14(20)16-12(8-13(18)19)9-15(2,3)4/h10-12H,6-9H2,1-5H3,(H,16,20)(H,18,19). The maximum atomic E-state index is 12.2. The Morgan fingerprint density at radius 3 is 2.30 bits per heavy atom. The minimum absolute atomic E-state index is 0.0198. The predicted molar refractivity (Wildman–Crippen MR) is 78.6 cm³/mol. The first-order valence-corrected chi connectivity index (χ1v) is 7.35. The van der Waals surface area contributed by atoms with Crippen LogP contribution in [0, 0.1) is 11.3 Å². The van der Waals surface area contributed by atoms with E-state index in [1.54, 1.807) is 11.9 Å². The third-order valence-electron chi connectivity index (χ3n) is 3.84. The van der Waals surface area contributed by atoms with Crippen molar-refractivity contribution in [2.45, 2.75) is 65.5 Å². The number of hydrogen-bond donors (Lipinski definition) is 2. The van der Waals surface area contributed by atoms with Crippen molar-refractivity contribution >= 4 is 12.0 Å². The minimum Gasteiger partial charge on any atom is -0.481 e. The van der Waals surface area contributed by atoms with Crippen LogP contribution < -0.4 is 5.32 Å². The van der Waals surface area contributed by atoms with Crippen molar-refractivity contribution in [3.8, 4) is 0 Å². The lowest BCUT2D eigenvalue weighted by Crippen LogP contribution is -2.48. The van der Waals surface area contributed by atoms with Crippen LogP contribution in [-0.2, 0) is 4.79 Å². The molecule has 0 spiro atoms. The van der Waals surface area contributed by atoms with E-state index in [2.05, 4.69) is 5.32 Å². The van der Waals surface area contributed by atoms with Crippen LogP contribution in [0.4, 0.5) is 4.79 Å². The van der Waals surface area contributed by atoms with Crippen molar-refractivity contribution in [3.05, 3.63) is 0 Å². The number of hydrogen-bond acceptors (Lipinski definition) is 2. The summed E-state index contributed by atoms with van der Waals surface area (Å²) in [5.74, 6) is -0.274. The number of rotatable bonds is 6. The Morgan fingerprint density at radius 2 is 1.90 bits per heavy atom. The molecule has 0 bridgehead atoms. The molecule has 2 atom stereocenters. The maximum absolute atomic E-state index is 12.2. The molecule has 116 valence electrons. The molecule has 0 aromatic heterocycles. The van der Waals surface area contributed by atoms with E-state index in [0.717, 1.165) is 0 Å². The van der Waals surface area contributed by atoms with Gasteiger partial charge in [0, 0.05) is 19.1 Å². The summed E-state index contributed by atoms with van der Waals surface area (Å²) in [4.78, 5) is 24.9. The van der Waals surface area contributed by atoms with Crippen molar-refractivity contribution in [1.82, 2.24) is 10.2 Å². The molecule has 0 radical (unpaired) electrons. The third-order valence-corrected chi connectivity index (χ3v) is 3.84. The van der Waals surface area contributed by atoms with Gasteiger partial charge >= 0.3 is 12.0 Å². The zero-order chi connectivity index (χ0) is 15.5. The van der Waals surface area contributed by atoms with Gasteiger partial charge in [-0.15, -0.1) is 0 Å². The molecule has 5 heteroatoms. The second kappa shape index (κ2) is 6.46. The number of aliphatic carboxylic acids is 1. The largest absolute Gasteiger partial charge is 0.481 e. The Hall–Kier alpha value is -1.26. The Labute approximate surface area is 121 Å². The van der Waals surface area contributed by atoms with Gasteiger partial charge in [-0.25, -0.2) is 4.79 Å². The highest BCUT2D eigenvalue weighted by Crippen LogP contribution is 2.34. The van der Waals surface area contributed by atoms with Gasteiger partial charge in [0.1, 0.15) is 0 Å². The van der Waals surface area contributed by atoms with Gasteiger partial charge < -0.3 is 15.3 Å². The van der Waals surface area contributed by atoms with E-state index < -0.39 is 5.97 Å². The second-order valence-corrected chi connectivity index (χ2v) is 7.20. The van der Waals surface area contributed by atoms with Gasteiger partial charge in [0.15, 0.2) is 0 Å². The van der Waals surface area contributed by atoms with Crippen molar-refractivity contribution in [1.29, 1.82) is 0 Å². The van der Waals surface area contributed by atoms with E-state index in [1.807, 2.05) is 27.7 Å². The Balaban J connectivity index is 2.58. The number of carboxylic acids is 1. The summed E-state index contributed by atoms with van der Waals surface area (Å²) in [6.07, 6.45) is 2.98. The van der Waals surface area contributed by atoms with Crippen LogP contribution in [0.25, 0.3) is 0 Å². The van der Waals surface area contributed by atoms with Crippen molar-refractivity contribution < 1.29 is 14.7 Å². The molecule has 1 aliphatic rings. The lowest BCUT2D eigenvalue weighted by atomic mass is 9.87. The van der Waals surface area contributed by atoms with Crippen LogP contribution in [0.3, 0.4) is 0 Å². The van der Waals surface area contributed by atoms with Crippen LogP contribution in [0.15, 0.2) is 0 Å². The van der Waals surface area contributed by atoms with Crippen LogP contribution in [0.5, 0.6) is 0 Å². The van der Waals surface area contributed by atoms with E-state index in [1.165, 1.54) is 12.8 Å². The van der Waals surface area contributed by atoms with E-state index in [-0.39, 0.29) is 30.0 Å². The second-order valence-electron chi connectivity index (χ2n) is 7.20. The molecule has 2 unspecified atom stereocenters. The Kier molecular flexibility index (Phi) is 5.42. The van der Waals surface area contributed by atoms with Gasteiger partial charge in [0.05, 0.1) is 6.42 Å². The van der Waals surface area contributed by atoms with Crippen molar-refractivity contribution in [2.75, 3.05) is 7.05 Å². The van der Waals surface area contributed by atoms with Crippen LogP contribution in [0.2, 0.25) is 0 Å². The summed E-state index contributed by atoms with van der Waals surface area (Å²) in [5, 5.41) is 11.8. The molecular weight excluding hydrogens is 256 g/mol. The fourth-order valence-corrected chi connectivity index (χ4v) is 2.48. The lowest BCUT2D eigenvalue weighted by Gasteiger charge is -2.30. The molecule has 0 aromatic carbocycles. The molecule has 0 aliphatic heterocycles. The third kappa shape index (κ3) is 5.80. The van der Waals surface area contributed by atoms with E-state index >= 15 is 0 Å². The van der Waals surface area contributed by atoms with E-state index in [9.17, 15) is 9.59 Å². The maximum Gasteiger partial charge on any atom is 0.317 e. The summed E-state index contributed by atoms with van der Waals surface area (Å²) < 4.78 is 0. The zero-order valence-electron chi connectivity index (χ0n) is 13.3. The molecular formula is C15H28N2O3. The molecule has 0 saturated heterocycles. The molecule has 2 N–H and O–H groups in total. The highest BCUT2D eigenvalue weighted by Gasteiger charge is 2.33. The topological polar surface area (TPSA) is 69.6 Å². The fraction of sp³-hybridized carbons (Fsp3) is 0.867. The normalized spacial score (nSPS) is 18.2. The molecule has 1 saturated carbocycles. The first-order chi connectivity index (χ1) is 9.10. The highest BCUT2D eigenvalue weighted by molar-refractivity contribution is 5.76. The lowest BCUT2D eigenvalue weighted by molar-refractivity contribution is -0.137. The SMILES string of the molecule is CC(C1CC1)N(C)C(=O)NC(CC(=O)O)CC(C)(C)C. The van der Waals surface area contributed by atoms with Gasteiger partial charge in [-0.2, -0.15) is 0 Å². The molecule has 20 heavy (non-hydrogen) atoms. The van der Waals surface area contributed by atoms with Gasteiger partial charge in [-0.1, -0.05) is 20.8 Å². The monoisotopic (exact) mass is 284 g/mol. The van der Waals surface area contributed by atoms with Crippen LogP contribution >= 0.6 is 0 Å². The number of carbonyl (C=O) groups excluding carboxylic acids is 1. The first kappa shape index (κ1) is 16.8. The summed E-state index contributed by atoms with van der Waals surface area (Å²) in [5.41, 5.74) is -0.0198. The summed E-state index contributed by atoms with van der Waals surface area (Å²) in [6, 6.07) is -0.274. The number of urea groups is 1. The zero-order valence-corrected chi connectivity index (χ0v) is 13.3. The van der Waals surface area contributed by atoms with Gasteiger partial charge in [0.25, 0.3) is 0 Å². The van der Waals surface area contributed by atoms with Crippen molar-refractivity contribution in [2.24, 2.45) is 11.3 Å². The van der Waals surface area contributed by atoms with E-state index in [0.29, 0.717) is 12.3 Å². The first-order valence-electron chi connectivity index (χ1n) is 7.35. The Morgan fingerprint density at radius 1 is 1.35 bits per heavy atom. The summed E-state index contributed by atoms with van der Waals surface area (Å²) in [7, 11) is 1.78. The van der Waals surface area contributed by atoms with Gasteiger partial charge in [0.2, 0.25) is 0 Å². The molecule has 5 nitrogen and oxygen atoms in total. The fourth-order valence-electron chi connectivity index (χ4n) is 2.48. The van der Waals surface area contributed by atoms with Gasteiger partial charge in [-0.3, -0.25) is 4.79 Å². The van der Waals surface area contributed by atoms with Crippen LogP contribution in [-0.4, -0.2) is 41.1 Å². The molecule has 1 fully saturated rings. The molecule has 2 amide bonds. The number of nitrogens with one attached hydrogen (secondary N) is 1. The minimum atomic E-state index is -0.877. The molecule has 0 aromatic rings. The van der Waals surface area contributed by atoms with Crippen LogP contribution in [0.1, 0.15) is 53.4 Å². The molecule has 0 heterocycles. The predicted octanol–water partition coefficient (Wildman–Crippen LogP) is 2.71. The number of carboxylic acid groups (broad SMARTS) is 1. The smallest absolute Gasteiger partial charge is 0.317 e. The van der Waals surface area contributed by atoms with Crippen molar-refractivity contribution in [3.63, 3.8) is 0 Å². The highest BCUT2D eigenvalue weighted by atomic mass is 16.4. The average molecular weight is 284 g/mol. The number of carbonyl (C=O) groups is 2. The average Bonchev–Trinajstić information content (AvgIpc) is 3.07. The molecule has 1 rings (SSSR count). The quantitative estimate of drug-likeness (QED) is 0.788. The van der Waals surface area contributed by atoms with Gasteiger partial charge in [-0.05, 0) is 37.5 Å². The summed E-state index contributed by atoms with van der Waals surface area (Å²) >= 11 is 0.